The third-order valence-electron chi connectivity index (χ3n) is 9.10. The number of aryl methyl sites for hydroxylation is 1. The van der Waals surface area contributed by atoms with Crippen LogP contribution < -0.4 is 15.8 Å². The number of piperazine rings is 1. The Hall–Kier alpha value is -5.10. The summed E-state index contributed by atoms with van der Waals surface area (Å²) in [6.07, 6.45) is -0.944. The van der Waals surface area contributed by atoms with Crippen LogP contribution in [0.25, 0.3) is 11.4 Å². The molecule has 0 aromatic carbocycles. The topological polar surface area (TPSA) is 173 Å². The summed E-state index contributed by atoms with van der Waals surface area (Å²) in [6.45, 7) is 5.11. The molecule has 262 valence electrons. The third-order valence-corrected chi connectivity index (χ3v) is 9.39. The number of fused-ring (bicyclic) bond motifs is 3. The molecule has 1 saturated heterocycles. The molecule has 4 aromatic rings. The van der Waals surface area contributed by atoms with Gasteiger partial charge >= 0.3 is 6.18 Å². The van der Waals surface area contributed by atoms with Crippen LogP contribution in [-0.2, 0) is 15.7 Å². The summed E-state index contributed by atoms with van der Waals surface area (Å²) < 4.78 is 47.8. The predicted molar refractivity (Wildman–Crippen MR) is 172 cm³/mol. The second-order valence-corrected chi connectivity index (χ2v) is 12.6. The summed E-state index contributed by atoms with van der Waals surface area (Å²) >= 11 is 6.06. The minimum Gasteiger partial charge on any atom is -0.504 e. The van der Waals surface area contributed by atoms with E-state index in [0.29, 0.717) is 36.8 Å². The molecule has 0 spiro atoms. The van der Waals surface area contributed by atoms with Gasteiger partial charge in [0.2, 0.25) is 11.7 Å². The van der Waals surface area contributed by atoms with Crippen molar-refractivity contribution in [2.75, 3.05) is 49.6 Å². The lowest BCUT2D eigenvalue weighted by atomic mass is 10.0. The molecule has 4 aromatic heterocycles. The van der Waals surface area contributed by atoms with E-state index in [1.165, 1.54) is 11.2 Å². The molecule has 2 unspecified atom stereocenters. The Kier molecular flexibility index (Phi) is 8.45. The summed E-state index contributed by atoms with van der Waals surface area (Å²) in [5.41, 5.74) is -0.00679. The Morgan fingerprint density at radius 2 is 1.88 bits per heavy atom. The van der Waals surface area contributed by atoms with E-state index in [2.05, 4.69) is 25.4 Å². The van der Waals surface area contributed by atoms with Crippen LogP contribution in [-0.4, -0.2) is 95.3 Å². The molecular weight excluding hydrogens is 685 g/mol. The number of rotatable bonds is 5. The molecule has 1 fully saturated rings. The van der Waals surface area contributed by atoms with Gasteiger partial charge in [0.25, 0.3) is 11.5 Å². The number of carbonyl (C=O) groups is 2. The molecule has 0 saturated carbocycles. The van der Waals surface area contributed by atoms with Crippen LogP contribution in [0, 0.1) is 6.92 Å². The maximum Gasteiger partial charge on any atom is 0.433 e. The zero-order valence-corrected chi connectivity index (χ0v) is 27.5. The van der Waals surface area contributed by atoms with Crippen molar-refractivity contribution in [2.45, 2.75) is 44.8 Å². The number of halogens is 4. The molecule has 0 bridgehead atoms. The highest BCUT2D eigenvalue weighted by Gasteiger charge is 2.41. The molecule has 3 aliphatic heterocycles. The standard InChI is InChI=1S/C31H30ClF3N10O5/c1-15-13-19(27(47)38-18-3-4-20(31(33,34)35)39-25(18)32)44-22(15)23(29(49)45-30(44)40-26(41-45)17-5-11-50-12-6-17)42-7-9-43(10-8-42)28(48)21-24(46)16(2)36-14-37-21/h3-5,14-15,19,46H,6-13H2,1-2H3,(H,38,47). The van der Waals surface area contributed by atoms with Gasteiger partial charge in [0.15, 0.2) is 22.4 Å². The highest BCUT2D eigenvalue weighted by atomic mass is 35.5. The number of alkyl halides is 3. The quantitative estimate of drug-likeness (QED) is 0.291. The molecule has 3 aliphatic rings. The number of hydrogen-bond donors (Lipinski definition) is 2. The van der Waals surface area contributed by atoms with E-state index in [0.717, 1.165) is 22.2 Å². The lowest BCUT2D eigenvalue weighted by molar-refractivity contribution is -0.141. The Morgan fingerprint density at radius 3 is 2.56 bits per heavy atom. The lowest BCUT2D eigenvalue weighted by Gasteiger charge is -2.36. The first-order valence-electron chi connectivity index (χ1n) is 15.7. The van der Waals surface area contributed by atoms with E-state index in [1.54, 1.807) is 11.5 Å². The van der Waals surface area contributed by atoms with Crippen LogP contribution in [0.1, 0.15) is 65.1 Å². The van der Waals surface area contributed by atoms with E-state index >= 15 is 0 Å². The molecule has 2 amide bonds. The highest BCUT2D eigenvalue weighted by Crippen LogP contribution is 2.42. The van der Waals surface area contributed by atoms with Crippen LogP contribution in [0.5, 0.6) is 5.75 Å². The molecule has 0 aliphatic carbocycles. The van der Waals surface area contributed by atoms with Gasteiger partial charge in [0, 0.05) is 32.1 Å². The third kappa shape index (κ3) is 5.81. The maximum absolute atomic E-state index is 14.3. The largest absolute Gasteiger partial charge is 0.504 e. The van der Waals surface area contributed by atoms with Gasteiger partial charge < -0.3 is 25.0 Å². The van der Waals surface area contributed by atoms with Gasteiger partial charge in [-0.1, -0.05) is 24.6 Å². The SMILES string of the molecule is Cc1ncnc(C(=O)N2CCN(c3c4n(c5nc(C6=CCOCC6)nn5c3=O)C(C(=O)Nc3ccc(C(F)(F)F)nc3Cl)CC4C)CC2)c1O. The van der Waals surface area contributed by atoms with Gasteiger partial charge in [0.05, 0.1) is 30.3 Å². The molecule has 0 radical (unpaired) electrons. The first kappa shape index (κ1) is 33.4. The smallest absolute Gasteiger partial charge is 0.433 e. The molecule has 7 heterocycles. The average molecular weight is 715 g/mol. The summed E-state index contributed by atoms with van der Waals surface area (Å²) in [5, 5.41) is 17.0. The predicted octanol–water partition coefficient (Wildman–Crippen LogP) is 3.22. The van der Waals surface area contributed by atoms with E-state index < -0.39 is 40.4 Å². The van der Waals surface area contributed by atoms with Gasteiger partial charge in [-0.2, -0.15) is 22.7 Å². The first-order chi connectivity index (χ1) is 23.8. The van der Waals surface area contributed by atoms with Crippen molar-refractivity contribution < 1.29 is 32.6 Å². The number of nitrogens with zero attached hydrogens (tertiary/aromatic N) is 9. The Bertz CT molecular complexity index is 2130. The molecule has 2 atom stereocenters. The van der Waals surface area contributed by atoms with E-state index in [9.17, 15) is 32.7 Å². The van der Waals surface area contributed by atoms with Gasteiger partial charge in [-0.05, 0) is 37.5 Å². The fourth-order valence-corrected chi connectivity index (χ4v) is 6.75. The summed E-state index contributed by atoms with van der Waals surface area (Å²) in [4.78, 5) is 60.8. The monoisotopic (exact) mass is 714 g/mol. The fourth-order valence-electron chi connectivity index (χ4n) is 6.55. The second kappa shape index (κ2) is 12.7. The van der Waals surface area contributed by atoms with Crippen LogP contribution in [0.2, 0.25) is 5.15 Å². The Morgan fingerprint density at radius 1 is 1.12 bits per heavy atom. The highest BCUT2D eigenvalue weighted by molar-refractivity contribution is 6.32. The van der Waals surface area contributed by atoms with Crippen molar-refractivity contribution in [1.29, 1.82) is 0 Å². The molecule has 15 nitrogen and oxygen atoms in total. The molecule has 19 heteroatoms. The Balaban J connectivity index is 1.26. The van der Waals surface area contributed by atoms with Crippen molar-refractivity contribution >= 4 is 46.1 Å². The summed E-state index contributed by atoms with van der Waals surface area (Å²) in [6, 6.07) is 0.815. The van der Waals surface area contributed by atoms with E-state index in [-0.39, 0.29) is 67.1 Å². The number of anilines is 2. The Labute approximate surface area is 286 Å². The number of ether oxygens (including phenoxy) is 1. The number of pyridine rings is 1. The van der Waals surface area contributed by atoms with Gasteiger partial charge in [0.1, 0.15) is 23.8 Å². The van der Waals surface area contributed by atoms with Gasteiger partial charge in [-0.25, -0.2) is 15.0 Å². The van der Waals surface area contributed by atoms with Crippen LogP contribution in [0.15, 0.2) is 29.3 Å². The van der Waals surface area contributed by atoms with E-state index in [4.69, 9.17) is 21.3 Å². The normalized spacial score (nSPS) is 19.4. The number of hydrogen-bond acceptors (Lipinski definition) is 11. The zero-order chi connectivity index (χ0) is 35.5. The van der Waals surface area contributed by atoms with Crippen molar-refractivity contribution in [3.8, 4) is 5.75 Å². The van der Waals surface area contributed by atoms with Crippen molar-refractivity contribution in [1.82, 2.24) is 39.0 Å². The summed E-state index contributed by atoms with van der Waals surface area (Å²) in [5.74, 6) is -1.28. The van der Waals surface area contributed by atoms with Crippen molar-refractivity contribution in [2.24, 2.45) is 0 Å². The molecule has 50 heavy (non-hydrogen) atoms. The first-order valence-corrected chi connectivity index (χ1v) is 16.1. The number of nitrogens with one attached hydrogen (secondary N) is 1. The molecular formula is C31H30ClF3N10O5. The zero-order valence-electron chi connectivity index (χ0n) is 26.7. The number of amides is 2. The minimum atomic E-state index is -4.72. The fraction of sp³-hybridized carbons (Fsp3) is 0.419. The maximum atomic E-state index is 14.3. The van der Waals surface area contributed by atoms with Gasteiger partial charge in [-0.15, -0.1) is 5.10 Å². The average Bonchev–Trinajstić information content (AvgIpc) is 3.69. The molecule has 2 N–H and O–H groups in total. The van der Waals surface area contributed by atoms with Crippen molar-refractivity contribution in [3.63, 3.8) is 0 Å². The second-order valence-electron chi connectivity index (χ2n) is 12.2. The number of aromatic hydroxyl groups is 1. The van der Waals surface area contributed by atoms with Crippen LogP contribution in [0.3, 0.4) is 0 Å². The van der Waals surface area contributed by atoms with Crippen LogP contribution >= 0.6 is 11.6 Å². The van der Waals surface area contributed by atoms with E-state index in [1.807, 2.05) is 17.9 Å². The summed E-state index contributed by atoms with van der Waals surface area (Å²) in [7, 11) is 0. The van der Waals surface area contributed by atoms with Crippen molar-refractivity contribution in [3.05, 3.63) is 68.6 Å². The van der Waals surface area contributed by atoms with Crippen LogP contribution in [0.4, 0.5) is 24.5 Å². The number of aromatic nitrogens is 7. The number of carbonyl (C=O) groups excluding carboxylic acids is 2. The lowest BCUT2D eigenvalue weighted by Crippen LogP contribution is -2.51. The minimum absolute atomic E-state index is 0.108. The molecule has 7 rings (SSSR count). The van der Waals surface area contributed by atoms with Gasteiger partial charge in [-0.3, -0.25) is 19.0 Å².